The summed E-state index contributed by atoms with van der Waals surface area (Å²) in [5.74, 6) is -0.826. The van der Waals surface area contributed by atoms with Crippen molar-refractivity contribution in [3.63, 3.8) is 0 Å². The predicted molar refractivity (Wildman–Crippen MR) is 176 cm³/mol. The Bertz CT molecular complexity index is 1950. The number of nitriles is 1. The number of ether oxygens (including phenoxy) is 2. The first-order chi connectivity index (χ1) is 22.2. The van der Waals surface area contributed by atoms with Gasteiger partial charge in [-0.3, -0.25) is 9.69 Å². The molecule has 0 saturated carbocycles. The van der Waals surface area contributed by atoms with Crippen LogP contribution in [0.15, 0.2) is 126 Å². The van der Waals surface area contributed by atoms with E-state index in [0.717, 1.165) is 0 Å². The van der Waals surface area contributed by atoms with E-state index in [0.29, 0.717) is 28.1 Å². The molecule has 0 fully saturated rings. The number of nitrogens with zero attached hydrogens (tertiary/aromatic N) is 2. The highest BCUT2D eigenvalue weighted by Gasteiger charge is 2.38. The zero-order chi connectivity index (χ0) is 32.8. The highest BCUT2D eigenvalue weighted by atomic mass is 16.5. The van der Waals surface area contributed by atoms with E-state index in [1.165, 1.54) is 44.6 Å². The molecule has 0 radical (unpaired) electrons. The minimum Gasteiger partial charge on any atom is -0.508 e. The molecule has 1 atom stereocenters. The van der Waals surface area contributed by atoms with Gasteiger partial charge >= 0.3 is 0 Å². The third kappa shape index (κ3) is 6.27. The topological polar surface area (TPSA) is 149 Å². The molecule has 0 aliphatic carbocycles. The van der Waals surface area contributed by atoms with Crippen LogP contribution in [-0.2, 0) is 4.79 Å². The third-order valence-corrected chi connectivity index (χ3v) is 7.48. The Morgan fingerprint density at radius 1 is 0.826 bits per heavy atom. The smallest absolute Gasteiger partial charge is 0.184 e. The van der Waals surface area contributed by atoms with Crippen molar-refractivity contribution in [1.29, 1.82) is 5.26 Å². The molecule has 0 aromatic heterocycles. The molecule has 1 heterocycles. The van der Waals surface area contributed by atoms with E-state index >= 15 is 0 Å². The fourth-order valence-corrected chi connectivity index (χ4v) is 5.29. The van der Waals surface area contributed by atoms with Crippen LogP contribution in [0, 0.1) is 11.3 Å². The molecule has 230 valence electrons. The minimum atomic E-state index is -0.933. The molecule has 4 aromatic rings. The van der Waals surface area contributed by atoms with Gasteiger partial charge in [0.15, 0.2) is 28.8 Å². The van der Waals surface area contributed by atoms with Gasteiger partial charge in [-0.05, 0) is 77.4 Å². The molecule has 46 heavy (non-hydrogen) atoms. The fourth-order valence-electron chi connectivity index (χ4n) is 5.29. The maximum atomic E-state index is 14.4. The van der Waals surface area contributed by atoms with Crippen LogP contribution in [-0.4, -0.2) is 35.3 Å². The summed E-state index contributed by atoms with van der Waals surface area (Å²) in [6.45, 7) is 0. The van der Waals surface area contributed by atoms with Crippen molar-refractivity contribution in [2.75, 3.05) is 19.1 Å². The number of carbonyl (C=O) groups is 1. The summed E-state index contributed by atoms with van der Waals surface area (Å²) in [6, 6.07) is 27.2. The SMILES string of the molecule is COc1cc(C=CC(=O)C2=C(C=Cc3ccc(O)c(OC)c3)N(c3ccccc3)C(N)=C(C#N)C2c2cccc(O)c2)ccc1O. The van der Waals surface area contributed by atoms with Gasteiger partial charge in [-0.25, -0.2) is 0 Å². The van der Waals surface area contributed by atoms with Gasteiger partial charge in [-0.1, -0.05) is 54.6 Å². The lowest BCUT2D eigenvalue weighted by Crippen LogP contribution is -2.36. The summed E-state index contributed by atoms with van der Waals surface area (Å²) in [4.78, 5) is 16.0. The summed E-state index contributed by atoms with van der Waals surface area (Å²) >= 11 is 0. The highest BCUT2D eigenvalue weighted by molar-refractivity contribution is 6.10. The number of anilines is 1. The molecule has 1 aliphatic rings. The first-order valence-electron chi connectivity index (χ1n) is 14.2. The number of hydrogen-bond acceptors (Lipinski definition) is 9. The Morgan fingerprint density at radius 2 is 1.46 bits per heavy atom. The summed E-state index contributed by atoms with van der Waals surface area (Å²) < 4.78 is 10.5. The lowest BCUT2D eigenvalue weighted by Gasteiger charge is -2.36. The Hall–Kier alpha value is -6.40. The lowest BCUT2D eigenvalue weighted by molar-refractivity contribution is -0.111. The molecule has 1 aliphatic heterocycles. The van der Waals surface area contributed by atoms with Gasteiger partial charge in [0, 0.05) is 11.3 Å². The molecule has 1 unspecified atom stereocenters. The number of nitrogens with two attached hydrogens (primary N) is 1. The second kappa shape index (κ2) is 13.5. The van der Waals surface area contributed by atoms with Gasteiger partial charge in [0.1, 0.15) is 11.6 Å². The predicted octanol–water partition coefficient (Wildman–Crippen LogP) is 6.37. The van der Waals surface area contributed by atoms with Crippen LogP contribution in [0.25, 0.3) is 12.2 Å². The number of phenols is 3. The Balaban J connectivity index is 1.77. The summed E-state index contributed by atoms with van der Waals surface area (Å²) in [6.07, 6.45) is 6.44. The average molecular weight is 614 g/mol. The van der Waals surface area contributed by atoms with Crippen molar-refractivity contribution in [2.24, 2.45) is 5.73 Å². The van der Waals surface area contributed by atoms with E-state index in [1.54, 1.807) is 59.5 Å². The van der Waals surface area contributed by atoms with E-state index in [4.69, 9.17) is 15.2 Å². The number of allylic oxidation sites excluding steroid dienone is 4. The Kier molecular flexibility index (Phi) is 9.10. The van der Waals surface area contributed by atoms with E-state index in [-0.39, 0.29) is 45.7 Å². The first-order valence-corrected chi connectivity index (χ1v) is 14.2. The fraction of sp³-hybridized carbons (Fsp3) is 0.0811. The Labute approximate surface area is 266 Å². The zero-order valence-corrected chi connectivity index (χ0v) is 25.1. The van der Waals surface area contributed by atoms with Crippen molar-refractivity contribution >= 4 is 23.6 Å². The molecule has 9 heteroatoms. The first kappa shape index (κ1) is 31.0. The van der Waals surface area contributed by atoms with Crippen molar-refractivity contribution in [2.45, 2.75) is 5.92 Å². The number of carbonyl (C=O) groups excluding carboxylic acids is 1. The van der Waals surface area contributed by atoms with Crippen LogP contribution in [0.2, 0.25) is 0 Å². The second-order valence-corrected chi connectivity index (χ2v) is 10.3. The molecule has 9 nitrogen and oxygen atoms in total. The maximum Gasteiger partial charge on any atom is 0.184 e. The second-order valence-electron chi connectivity index (χ2n) is 10.3. The number of hydrogen-bond donors (Lipinski definition) is 4. The maximum absolute atomic E-state index is 14.4. The van der Waals surface area contributed by atoms with Crippen LogP contribution < -0.4 is 20.1 Å². The van der Waals surface area contributed by atoms with Gasteiger partial charge in [0.25, 0.3) is 0 Å². The van der Waals surface area contributed by atoms with Crippen LogP contribution in [0.1, 0.15) is 22.6 Å². The summed E-state index contributed by atoms with van der Waals surface area (Å²) in [5, 5.41) is 41.0. The zero-order valence-electron chi connectivity index (χ0n) is 25.1. The van der Waals surface area contributed by atoms with Crippen molar-refractivity contribution in [3.05, 3.63) is 143 Å². The highest BCUT2D eigenvalue weighted by Crippen LogP contribution is 2.44. The molecule has 5 N–H and O–H groups in total. The standard InChI is InChI=1S/C37H31N3O6/c1-45-33-19-23(12-16-30(33)42)11-15-29-36(32(44)18-14-24-13-17-31(43)34(20-24)46-2)35(25-7-6-10-27(41)21-25)28(22-38)37(39)40(29)26-8-4-3-5-9-26/h3-21,35,41-43H,39H2,1-2H3. The van der Waals surface area contributed by atoms with E-state index in [1.807, 2.05) is 30.3 Å². The number of ketones is 1. The minimum absolute atomic E-state index is 0.0240. The Morgan fingerprint density at radius 3 is 2.04 bits per heavy atom. The van der Waals surface area contributed by atoms with Crippen LogP contribution in [0.3, 0.4) is 0 Å². The number of aromatic hydroxyl groups is 3. The molecule has 4 aromatic carbocycles. The molecular weight excluding hydrogens is 582 g/mol. The van der Waals surface area contributed by atoms with E-state index < -0.39 is 11.7 Å². The van der Waals surface area contributed by atoms with Gasteiger partial charge in [-0.15, -0.1) is 0 Å². The van der Waals surface area contributed by atoms with Crippen molar-refractivity contribution in [1.82, 2.24) is 0 Å². The normalized spacial score (nSPS) is 15.0. The lowest BCUT2D eigenvalue weighted by atomic mass is 9.78. The van der Waals surface area contributed by atoms with Crippen molar-refractivity contribution in [3.8, 4) is 34.8 Å². The third-order valence-electron chi connectivity index (χ3n) is 7.48. The van der Waals surface area contributed by atoms with E-state index in [9.17, 15) is 25.4 Å². The van der Waals surface area contributed by atoms with E-state index in [2.05, 4.69) is 6.07 Å². The largest absolute Gasteiger partial charge is 0.508 e. The molecular formula is C37H31N3O6. The van der Waals surface area contributed by atoms with Gasteiger partial charge < -0.3 is 30.5 Å². The van der Waals surface area contributed by atoms with Gasteiger partial charge in [0.2, 0.25) is 0 Å². The van der Waals surface area contributed by atoms with Gasteiger partial charge in [-0.2, -0.15) is 5.26 Å². The summed E-state index contributed by atoms with van der Waals surface area (Å²) in [5.41, 5.74) is 9.87. The number of para-hydroxylation sites is 1. The van der Waals surface area contributed by atoms with Gasteiger partial charge in [0.05, 0.1) is 37.5 Å². The summed E-state index contributed by atoms with van der Waals surface area (Å²) in [7, 11) is 2.88. The molecule has 5 rings (SSSR count). The van der Waals surface area contributed by atoms with Crippen LogP contribution in [0.5, 0.6) is 28.7 Å². The average Bonchev–Trinajstić information content (AvgIpc) is 3.07. The van der Waals surface area contributed by atoms with Crippen LogP contribution in [0.4, 0.5) is 5.69 Å². The molecule has 0 amide bonds. The molecule has 0 saturated heterocycles. The number of benzene rings is 4. The van der Waals surface area contributed by atoms with Crippen LogP contribution >= 0.6 is 0 Å². The molecule has 0 spiro atoms. The molecule has 0 bridgehead atoms. The number of methoxy groups -OCH3 is 2. The number of phenolic OH excluding ortho intramolecular Hbond substituents is 3. The quantitative estimate of drug-likeness (QED) is 0.158. The van der Waals surface area contributed by atoms with Crippen molar-refractivity contribution < 1.29 is 29.6 Å². The number of rotatable bonds is 9. The monoisotopic (exact) mass is 613 g/mol.